The van der Waals surface area contributed by atoms with Crippen LogP contribution in [0.3, 0.4) is 0 Å². The fraction of sp³-hybridized carbons (Fsp3) is 0.667. The van der Waals surface area contributed by atoms with E-state index in [4.69, 9.17) is 4.74 Å². The van der Waals surface area contributed by atoms with Gasteiger partial charge in [-0.05, 0) is 12.8 Å². The number of carbonyl (C=O) groups excluding carboxylic acids is 1. The number of morpholine rings is 1. The van der Waals surface area contributed by atoms with Crippen molar-refractivity contribution in [2.24, 2.45) is 7.05 Å². The van der Waals surface area contributed by atoms with Gasteiger partial charge in [-0.15, -0.1) is 10.2 Å². The van der Waals surface area contributed by atoms with Crippen LogP contribution in [0.1, 0.15) is 30.4 Å². The van der Waals surface area contributed by atoms with Gasteiger partial charge in [0.05, 0.1) is 26.1 Å². The van der Waals surface area contributed by atoms with Crippen LogP contribution in [-0.2, 0) is 29.7 Å². The zero-order valence-corrected chi connectivity index (χ0v) is 15.8. The van der Waals surface area contributed by atoms with Crippen molar-refractivity contribution in [3.8, 4) is 0 Å². The van der Waals surface area contributed by atoms with E-state index in [1.807, 2.05) is 22.7 Å². The Labute approximate surface area is 158 Å². The van der Waals surface area contributed by atoms with Crippen LogP contribution in [0.2, 0.25) is 0 Å². The lowest BCUT2D eigenvalue weighted by atomic mass is 9.97. The molecule has 0 radical (unpaired) electrons. The van der Waals surface area contributed by atoms with Crippen LogP contribution in [0, 0.1) is 0 Å². The van der Waals surface area contributed by atoms with E-state index >= 15 is 0 Å². The van der Waals surface area contributed by atoms with Crippen molar-refractivity contribution in [1.29, 1.82) is 0 Å². The Kier molecular flexibility index (Phi) is 5.49. The minimum atomic E-state index is 0.133. The topological polar surface area (TPSA) is 81.3 Å². The second-order valence-corrected chi connectivity index (χ2v) is 7.34. The Morgan fingerprint density at radius 2 is 2.11 bits per heavy atom. The molecule has 0 aliphatic carbocycles. The van der Waals surface area contributed by atoms with Crippen LogP contribution in [0.25, 0.3) is 0 Å². The van der Waals surface area contributed by atoms with Gasteiger partial charge in [-0.2, -0.15) is 0 Å². The minimum absolute atomic E-state index is 0.133. The molecule has 2 saturated heterocycles. The minimum Gasteiger partial charge on any atom is -0.379 e. The number of carbonyl (C=O) groups is 1. The highest BCUT2D eigenvalue weighted by atomic mass is 16.5. The van der Waals surface area contributed by atoms with E-state index < -0.39 is 0 Å². The molecule has 9 nitrogen and oxygen atoms in total. The first-order chi connectivity index (χ1) is 13.2. The van der Waals surface area contributed by atoms with Crippen LogP contribution in [-0.4, -0.2) is 79.4 Å². The zero-order valence-electron chi connectivity index (χ0n) is 15.8. The lowest BCUT2D eigenvalue weighted by molar-refractivity contribution is -0.133. The molecule has 0 saturated carbocycles. The van der Waals surface area contributed by atoms with Crippen molar-refractivity contribution < 1.29 is 9.53 Å². The number of hydrogen-bond donors (Lipinski definition) is 0. The lowest BCUT2D eigenvalue weighted by Crippen LogP contribution is -2.41. The summed E-state index contributed by atoms with van der Waals surface area (Å²) in [6.45, 7) is 6.07. The van der Waals surface area contributed by atoms with Gasteiger partial charge < -0.3 is 18.8 Å². The second kappa shape index (κ2) is 8.18. The van der Waals surface area contributed by atoms with Crippen molar-refractivity contribution in [1.82, 2.24) is 34.1 Å². The predicted molar refractivity (Wildman–Crippen MR) is 97.9 cm³/mol. The first kappa shape index (κ1) is 18.1. The van der Waals surface area contributed by atoms with Gasteiger partial charge in [-0.1, -0.05) is 0 Å². The molecule has 0 spiro atoms. The average molecular weight is 373 g/mol. The van der Waals surface area contributed by atoms with Crippen LogP contribution in [0.15, 0.2) is 18.7 Å². The maximum atomic E-state index is 12.6. The number of rotatable bonds is 5. The van der Waals surface area contributed by atoms with Crippen LogP contribution in [0.5, 0.6) is 0 Å². The average Bonchev–Trinajstić information content (AvgIpc) is 3.33. The highest BCUT2D eigenvalue weighted by Gasteiger charge is 2.28. The molecule has 1 atom stereocenters. The molecule has 0 bridgehead atoms. The van der Waals surface area contributed by atoms with Crippen molar-refractivity contribution in [3.63, 3.8) is 0 Å². The molecular formula is C18H27N7O2. The molecule has 2 fully saturated rings. The number of amides is 1. The van der Waals surface area contributed by atoms with E-state index in [0.29, 0.717) is 13.1 Å². The van der Waals surface area contributed by atoms with Gasteiger partial charge in [0, 0.05) is 51.5 Å². The van der Waals surface area contributed by atoms with Crippen molar-refractivity contribution in [2.45, 2.75) is 31.8 Å². The summed E-state index contributed by atoms with van der Waals surface area (Å²) >= 11 is 0. The van der Waals surface area contributed by atoms with Gasteiger partial charge in [-0.25, -0.2) is 4.98 Å². The van der Waals surface area contributed by atoms with E-state index in [1.54, 1.807) is 12.5 Å². The summed E-state index contributed by atoms with van der Waals surface area (Å²) in [5.41, 5.74) is 0. The lowest BCUT2D eigenvalue weighted by Gasteiger charge is -2.32. The number of aromatic nitrogens is 5. The summed E-state index contributed by atoms with van der Waals surface area (Å²) in [6.07, 6.45) is 7.23. The molecule has 9 heteroatoms. The number of likely N-dealkylation sites (tertiary alicyclic amines) is 1. The normalized spacial score (nSPS) is 21.5. The Balaban J connectivity index is 1.39. The molecule has 27 heavy (non-hydrogen) atoms. The highest BCUT2D eigenvalue weighted by molar-refractivity contribution is 5.76. The van der Waals surface area contributed by atoms with Gasteiger partial charge in [0.15, 0.2) is 0 Å². The maximum Gasteiger partial charge on any atom is 0.242 e. The third kappa shape index (κ3) is 4.19. The van der Waals surface area contributed by atoms with Gasteiger partial charge in [0.2, 0.25) is 5.91 Å². The molecule has 0 N–H and O–H groups in total. The van der Waals surface area contributed by atoms with Gasteiger partial charge in [0.25, 0.3) is 0 Å². The number of piperidine rings is 1. The van der Waals surface area contributed by atoms with Gasteiger partial charge in [0.1, 0.15) is 18.2 Å². The first-order valence-electron chi connectivity index (χ1n) is 9.62. The zero-order chi connectivity index (χ0) is 18.6. The summed E-state index contributed by atoms with van der Waals surface area (Å²) in [7, 11) is 2.04. The molecule has 1 unspecified atom stereocenters. The molecule has 2 aliphatic heterocycles. The van der Waals surface area contributed by atoms with Gasteiger partial charge >= 0.3 is 0 Å². The fourth-order valence-corrected chi connectivity index (χ4v) is 3.88. The summed E-state index contributed by atoms with van der Waals surface area (Å²) in [6, 6.07) is 0. The van der Waals surface area contributed by atoms with Crippen molar-refractivity contribution in [2.75, 3.05) is 39.4 Å². The quantitative estimate of drug-likeness (QED) is 0.747. The molecular weight excluding hydrogens is 346 g/mol. The Morgan fingerprint density at radius 3 is 2.89 bits per heavy atom. The van der Waals surface area contributed by atoms with E-state index in [9.17, 15) is 4.79 Å². The highest BCUT2D eigenvalue weighted by Crippen LogP contribution is 2.26. The molecule has 146 valence electrons. The monoisotopic (exact) mass is 373 g/mol. The molecule has 4 rings (SSSR count). The molecule has 2 aromatic heterocycles. The SMILES string of the molecule is Cn1c(CN2CCOCC2)nnc1C1CCCN(C(=O)Cn2ccnc2)C1. The maximum absolute atomic E-state index is 12.6. The fourth-order valence-electron chi connectivity index (χ4n) is 3.88. The third-order valence-corrected chi connectivity index (χ3v) is 5.48. The molecule has 4 heterocycles. The standard InChI is InChI=1S/C18H27N7O2/c1-22-16(12-23-7-9-27-10-8-23)20-21-18(22)15-3-2-5-25(11-15)17(26)13-24-6-4-19-14-24/h4,6,14-15H,2-3,5,7-13H2,1H3. The predicted octanol–water partition coefficient (Wildman–Crippen LogP) is 0.250. The number of hydrogen-bond acceptors (Lipinski definition) is 6. The van der Waals surface area contributed by atoms with Crippen LogP contribution >= 0.6 is 0 Å². The smallest absolute Gasteiger partial charge is 0.242 e. The van der Waals surface area contributed by atoms with Crippen LogP contribution in [0.4, 0.5) is 0 Å². The van der Waals surface area contributed by atoms with Gasteiger partial charge in [-0.3, -0.25) is 9.69 Å². The third-order valence-electron chi connectivity index (χ3n) is 5.48. The number of imidazole rings is 1. The van der Waals surface area contributed by atoms with E-state index in [0.717, 1.165) is 63.9 Å². The van der Waals surface area contributed by atoms with Crippen LogP contribution < -0.4 is 0 Å². The van der Waals surface area contributed by atoms with E-state index in [1.165, 1.54) is 0 Å². The van der Waals surface area contributed by atoms with Crippen molar-refractivity contribution >= 4 is 5.91 Å². The van der Waals surface area contributed by atoms with E-state index in [2.05, 4.69) is 24.6 Å². The second-order valence-electron chi connectivity index (χ2n) is 7.34. The van der Waals surface area contributed by atoms with Crippen molar-refractivity contribution in [3.05, 3.63) is 30.4 Å². The largest absolute Gasteiger partial charge is 0.379 e. The molecule has 2 aromatic rings. The first-order valence-corrected chi connectivity index (χ1v) is 9.62. The summed E-state index contributed by atoms with van der Waals surface area (Å²) in [5, 5.41) is 8.91. The summed E-state index contributed by atoms with van der Waals surface area (Å²) < 4.78 is 9.34. The Bertz CT molecular complexity index is 752. The molecule has 0 aromatic carbocycles. The molecule has 2 aliphatic rings. The van der Waals surface area contributed by atoms with E-state index in [-0.39, 0.29) is 11.8 Å². The number of ether oxygens (including phenoxy) is 1. The number of nitrogens with zero attached hydrogens (tertiary/aromatic N) is 7. The Morgan fingerprint density at radius 1 is 1.26 bits per heavy atom. The summed E-state index contributed by atoms with van der Waals surface area (Å²) in [4.78, 5) is 20.9. The Hall–Kier alpha value is -2.26. The summed E-state index contributed by atoms with van der Waals surface area (Å²) in [5.74, 6) is 2.34. The molecule has 1 amide bonds.